The molecule has 7 heteroatoms. The molecule has 104 valence electrons. The minimum Gasteiger partial charge on any atom is -0.325 e. The fourth-order valence-corrected chi connectivity index (χ4v) is 1.76. The van der Waals surface area contributed by atoms with Crippen LogP contribution in [0.25, 0.3) is 0 Å². The number of amides is 1. The van der Waals surface area contributed by atoms with Crippen LogP contribution in [-0.2, 0) is 11.3 Å². The van der Waals surface area contributed by atoms with Crippen LogP contribution in [0.4, 0.5) is 5.69 Å². The monoisotopic (exact) mass is 293 g/mol. The number of halogens is 1. The lowest BCUT2D eigenvalue weighted by atomic mass is 10.2. The van der Waals surface area contributed by atoms with Crippen LogP contribution in [0, 0.1) is 6.92 Å². The average molecular weight is 294 g/mol. The summed E-state index contributed by atoms with van der Waals surface area (Å²) in [5.74, 6) is -0.390. The van der Waals surface area contributed by atoms with Crippen molar-refractivity contribution in [3.63, 3.8) is 0 Å². The van der Waals surface area contributed by atoms with Gasteiger partial charge in [-0.25, -0.2) is 4.79 Å². The molecule has 0 saturated heterocycles. The number of aromatic amines is 1. The topological polar surface area (TPSA) is 84.0 Å². The smallest absolute Gasteiger partial charge is 0.325 e. The third-order valence-electron chi connectivity index (χ3n) is 2.62. The summed E-state index contributed by atoms with van der Waals surface area (Å²) in [4.78, 5) is 36.4. The Balaban J connectivity index is 2.12. The largest absolute Gasteiger partial charge is 0.328 e. The van der Waals surface area contributed by atoms with E-state index in [2.05, 4.69) is 5.32 Å². The molecule has 1 aromatic heterocycles. The Hall–Kier alpha value is -2.34. The van der Waals surface area contributed by atoms with Gasteiger partial charge in [0, 0.05) is 11.9 Å². The van der Waals surface area contributed by atoms with Gasteiger partial charge in [0.15, 0.2) is 0 Å². The highest BCUT2D eigenvalue weighted by atomic mass is 35.5. The van der Waals surface area contributed by atoms with Crippen LogP contribution in [0.5, 0.6) is 0 Å². The number of aromatic nitrogens is 2. The summed E-state index contributed by atoms with van der Waals surface area (Å²) in [6, 6.07) is 7.24. The number of carbonyl (C=O) groups excluding carboxylic acids is 1. The van der Waals surface area contributed by atoms with E-state index in [4.69, 9.17) is 11.6 Å². The molecule has 0 aliphatic rings. The van der Waals surface area contributed by atoms with E-state index in [0.29, 0.717) is 5.69 Å². The molecule has 6 nitrogen and oxygen atoms in total. The van der Waals surface area contributed by atoms with Crippen LogP contribution in [0.2, 0.25) is 5.02 Å². The lowest BCUT2D eigenvalue weighted by Crippen LogP contribution is -2.33. The lowest BCUT2D eigenvalue weighted by molar-refractivity contribution is -0.116. The molecule has 0 saturated carbocycles. The average Bonchev–Trinajstić information content (AvgIpc) is 2.39. The van der Waals surface area contributed by atoms with Crippen LogP contribution in [-0.4, -0.2) is 15.5 Å². The summed E-state index contributed by atoms with van der Waals surface area (Å²) in [5, 5.41) is 2.50. The maximum absolute atomic E-state index is 11.8. The molecule has 2 aromatic rings. The van der Waals surface area contributed by atoms with Crippen molar-refractivity contribution in [3.05, 3.63) is 61.9 Å². The molecule has 2 N–H and O–H groups in total. The van der Waals surface area contributed by atoms with E-state index < -0.39 is 11.2 Å². The fraction of sp³-hybridized carbons (Fsp3) is 0.154. The summed E-state index contributed by atoms with van der Waals surface area (Å²) < 4.78 is 1.03. The van der Waals surface area contributed by atoms with Gasteiger partial charge in [-0.2, -0.15) is 0 Å². The number of hydrogen-bond donors (Lipinski definition) is 2. The first-order valence-corrected chi connectivity index (χ1v) is 6.19. The van der Waals surface area contributed by atoms with Gasteiger partial charge in [0.25, 0.3) is 5.56 Å². The first kappa shape index (κ1) is 14.1. The van der Waals surface area contributed by atoms with Crippen molar-refractivity contribution in [3.8, 4) is 0 Å². The van der Waals surface area contributed by atoms with Crippen molar-refractivity contribution in [1.82, 2.24) is 9.55 Å². The van der Waals surface area contributed by atoms with Crippen molar-refractivity contribution in [2.45, 2.75) is 13.5 Å². The number of H-pyrrole nitrogens is 1. The number of aryl methyl sites for hydroxylation is 1. The van der Waals surface area contributed by atoms with Gasteiger partial charge in [-0.1, -0.05) is 29.3 Å². The molecule has 0 aliphatic heterocycles. The molecule has 0 aliphatic carbocycles. The van der Waals surface area contributed by atoms with Gasteiger partial charge >= 0.3 is 5.69 Å². The maximum Gasteiger partial charge on any atom is 0.328 e. The Morgan fingerprint density at radius 1 is 1.30 bits per heavy atom. The minimum absolute atomic E-state index is 0.146. The van der Waals surface area contributed by atoms with Crippen molar-refractivity contribution in [2.24, 2.45) is 0 Å². The molecule has 0 spiro atoms. The predicted octanol–water partition coefficient (Wildman–Crippen LogP) is 1.14. The molecule has 1 heterocycles. The molecule has 0 unspecified atom stereocenters. The number of benzene rings is 1. The molecular weight excluding hydrogens is 282 g/mol. The van der Waals surface area contributed by atoms with E-state index in [1.807, 2.05) is 24.0 Å². The molecule has 20 heavy (non-hydrogen) atoms. The predicted molar refractivity (Wildman–Crippen MR) is 76.1 cm³/mol. The third-order valence-corrected chi connectivity index (χ3v) is 2.89. The van der Waals surface area contributed by atoms with E-state index in [1.54, 1.807) is 12.1 Å². The van der Waals surface area contributed by atoms with Gasteiger partial charge in [0.2, 0.25) is 5.91 Å². The molecule has 1 aromatic carbocycles. The molecule has 0 fully saturated rings. The van der Waals surface area contributed by atoms with Crippen LogP contribution in [0.15, 0.2) is 40.1 Å². The van der Waals surface area contributed by atoms with Crippen LogP contribution in [0.1, 0.15) is 5.56 Å². The first-order valence-electron chi connectivity index (χ1n) is 5.81. The zero-order valence-electron chi connectivity index (χ0n) is 10.6. The van der Waals surface area contributed by atoms with Crippen molar-refractivity contribution in [2.75, 3.05) is 5.32 Å². The first-order chi connectivity index (χ1) is 9.45. The van der Waals surface area contributed by atoms with Crippen molar-refractivity contribution < 1.29 is 4.79 Å². The summed E-state index contributed by atoms with van der Waals surface area (Å²) in [5.41, 5.74) is 0.348. The zero-order chi connectivity index (χ0) is 14.7. The quantitative estimate of drug-likeness (QED) is 0.890. The molecular formula is C13H12ClN3O3. The lowest BCUT2D eigenvalue weighted by Gasteiger charge is -2.07. The standard InChI is InChI=1S/C13H12ClN3O3/c1-8-2-4-9(5-3-8)15-11(18)7-17-6-10(14)12(19)16-13(17)20/h2-6H,7H2,1H3,(H,15,18)(H,16,19,20). The van der Waals surface area contributed by atoms with E-state index in [1.165, 1.54) is 0 Å². The molecule has 0 bridgehead atoms. The van der Waals surface area contributed by atoms with Gasteiger partial charge < -0.3 is 5.32 Å². The molecule has 1 amide bonds. The SMILES string of the molecule is Cc1ccc(NC(=O)Cn2cc(Cl)c(=O)[nH]c2=O)cc1. The number of nitrogens with one attached hydrogen (secondary N) is 2. The van der Waals surface area contributed by atoms with E-state index in [-0.39, 0.29) is 17.5 Å². The number of anilines is 1. The van der Waals surface area contributed by atoms with E-state index >= 15 is 0 Å². The number of carbonyl (C=O) groups is 1. The second kappa shape index (κ2) is 5.75. The van der Waals surface area contributed by atoms with Crippen molar-refractivity contribution in [1.29, 1.82) is 0 Å². The Morgan fingerprint density at radius 3 is 2.60 bits per heavy atom. The molecule has 2 rings (SSSR count). The van der Waals surface area contributed by atoms with Gasteiger partial charge in [-0.15, -0.1) is 0 Å². The van der Waals surface area contributed by atoms with Gasteiger partial charge in [0.05, 0.1) is 0 Å². The van der Waals surface area contributed by atoms with Crippen LogP contribution < -0.4 is 16.6 Å². The normalized spacial score (nSPS) is 10.3. The summed E-state index contributed by atoms with van der Waals surface area (Å²) in [7, 11) is 0. The van der Waals surface area contributed by atoms with Gasteiger partial charge in [0.1, 0.15) is 11.6 Å². The summed E-state index contributed by atoms with van der Waals surface area (Å²) in [6.07, 6.45) is 1.14. The Morgan fingerprint density at radius 2 is 1.95 bits per heavy atom. The Bertz CT molecular complexity index is 747. The molecule has 0 atom stereocenters. The number of hydrogen-bond acceptors (Lipinski definition) is 3. The van der Waals surface area contributed by atoms with E-state index in [0.717, 1.165) is 16.3 Å². The number of rotatable bonds is 3. The highest BCUT2D eigenvalue weighted by Crippen LogP contribution is 2.08. The van der Waals surface area contributed by atoms with Crippen molar-refractivity contribution >= 4 is 23.2 Å². The summed E-state index contributed by atoms with van der Waals surface area (Å²) in [6.45, 7) is 1.71. The van der Waals surface area contributed by atoms with Gasteiger partial charge in [-0.05, 0) is 19.1 Å². The highest BCUT2D eigenvalue weighted by molar-refractivity contribution is 6.30. The Labute approximate surface area is 119 Å². The number of nitrogens with zero attached hydrogens (tertiary/aromatic N) is 1. The van der Waals surface area contributed by atoms with Gasteiger partial charge in [-0.3, -0.25) is 19.1 Å². The van der Waals surface area contributed by atoms with Crippen LogP contribution >= 0.6 is 11.6 Å². The zero-order valence-corrected chi connectivity index (χ0v) is 11.4. The highest BCUT2D eigenvalue weighted by Gasteiger charge is 2.07. The van der Waals surface area contributed by atoms with E-state index in [9.17, 15) is 14.4 Å². The van der Waals surface area contributed by atoms with Crippen LogP contribution in [0.3, 0.4) is 0 Å². The minimum atomic E-state index is -0.682. The second-order valence-corrected chi connectivity index (χ2v) is 4.69. The Kier molecular flexibility index (Phi) is 4.05. The summed E-state index contributed by atoms with van der Waals surface area (Å²) >= 11 is 5.61. The molecule has 0 radical (unpaired) electrons. The second-order valence-electron chi connectivity index (χ2n) is 4.28. The third kappa shape index (κ3) is 3.36. The maximum atomic E-state index is 11.8. The fourth-order valence-electron chi connectivity index (χ4n) is 1.59.